The molecular weight excluding hydrogens is 485 g/mol. The van der Waals surface area contributed by atoms with Crippen molar-refractivity contribution in [1.82, 2.24) is 15.1 Å². The molecule has 2 rings (SSSR count). The number of nitrogens with zero attached hydrogens (tertiary/aromatic N) is 2. The molecule has 0 radical (unpaired) electrons. The van der Waals surface area contributed by atoms with E-state index in [0.717, 1.165) is 17.5 Å². The molecule has 1 aromatic rings. The Morgan fingerprint density at radius 1 is 1.29 bits per heavy atom. The van der Waals surface area contributed by atoms with E-state index in [2.05, 4.69) is 11.9 Å². The molecule has 0 spiro atoms. The summed E-state index contributed by atoms with van der Waals surface area (Å²) in [5, 5.41) is 27.5. The van der Waals surface area contributed by atoms with Crippen molar-refractivity contribution in [2.24, 2.45) is 5.41 Å². The van der Waals surface area contributed by atoms with Crippen LogP contribution >= 0.6 is 0 Å². The van der Waals surface area contributed by atoms with Gasteiger partial charge in [-0.3, -0.25) is 20.4 Å². The number of carbonyl (C=O) groups excluding carboxylic acids is 2. The number of amidine groups is 1. The van der Waals surface area contributed by atoms with Crippen LogP contribution in [0, 0.1) is 22.1 Å². The molecule has 2 amide bonds. The van der Waals surface area contributed by atoms with Crippen molar-refractivity contribution in [1.29, 1.82) is 10.8 Å². The zero-order valence-corrected chi connectivity index (χ0v) is 23.6. The van der Waals surface area contributed by atoms with E-state index in [1.54, 1.807) is 30.9 Å². The SMILES string of the molecule is C=C(/C=C\C=C(/C)C(=N)N(C=N)C(C)CO)NC(=O)c1cc2c(cc1F)CCN(C(=O)C(C)(C)C)C2.CC. The summed E-state index contributed by atoms with van der Waals surface area (Å²) >= 11 is 0. The fourth-order valence-electron chi connectivity index (χ4n) is 3.75. The fourth-order valence-corrected chi connectivity index (χ4v) is 3.75. The zero-order chi connectivity index (χ0) is 29.2. The first-order valence-electron chi connectivity index (χ1n) is 12.7. The minimum absolute atomic E-state index is 0.00739. The molecule has 38 heavy (non-hydrogen) atoms. The first-order valence-corrected chi connectivity index (χ1v) is 12.7. The number of hydrogen-bond acceptors (Lipinski definition) is 5. The number of aliphatic hydroxyl groups excluding tert-OH is 1. The van der Waals surface area contributed by atoms with Gasteiger partial charge in [-0.15, -0.1) is 0 Å². The van der Waals surface area contributed by atoms with E-state index in [4.69, 9.17) is 10.8 Å². The van der Waals surface area contributed by atoms with Crippen LogP contribution in [0.25, 0.3) is 0 Å². The molecule has 9 heteroatoms. The number of allylic oxidation sites excluding steroid dienone is 3. The number of hydrogen-bond donors (Lipinski definition) is 4. The zero-order valence-electron chi connectivity index (χ0n) is 23.6. The van der Waals surface area contributed by atoms with Gasteiger partial charge in [0.25, 0.3) is 5.91 Å². The van der Waals surface area contributed by atoms with Crippen LogP contribution in [-0.4, -0.2) is 58.1 Å². The minimum Gasteiger partial charge on any atom is -0.394 e. The number of aliphatic hydroxyl groups is 1. The molecule has 1 atom stereocenters. The van der Waals surface area contributed by atoms with Crippen molar-refractivity contribution >= 4 is 24.0 Å². The molecular formula is C29H42FN5O3. The number of fused-ring (bicyclic) bond motifs is 1. The molecule has 208 valence electrons. The van der Waals surface area contributed by atoms with Gasteiger partial charge in [0.15, 0.2) is 0 Å². The molecule has 1 aliphatic rings. The second-order valence-corrected chi connectivity index (χ2v) is 9.93. The van der Waals surface area contributed by atoms with Gasteiger partial charge in [0.2, 0.25) is 5.91 Å². The molecule has 1 aliphatic heterocycles. The summed E-state index contributed by atoms with van der Waals surface area (Å²) in [6.07, 6.45) is 6.21. The summed E-state index contributed by atoms with van der Waals surface area (Å²) in [5.74, 6) is -1.22. The quantitative estimate of drug-likeness (QED) is 0.221. The molecule has 0 saturated heterocycles. The van der Waals surface area contributed by atoms with Gasteiger partial charge in [0, 0.05) is 24.2 Å². The first kappa shape index (κ1) is 32.4. The highest BCUT2D eigenvalue weighted by atomic mass is 19.1. The van der Waals surface area contributed by atoms with Gasteiger partial charge in [-0.25, -0.2) is 4.39 Å². The number of benzene rings is 1. The van der Waals surface area contributed by atoms with Crippen LogP contribution in [0.3, 0.4) is 0 Å². The van der Waals surface area contributed by atoms with Crippen molar-refractivity contribution in [2.45, 2.75) is 67.5 Å². The van der Waals surface area contributed by atoms with E-state index in [0.29, 0.717) is 25.1 Å². The smallest absolute Gasteiger partial charge is 0.258 e. The Bertz CT molecular complexity index is 1120. The molecule has 0 aliphatic carbocycles. The minimum atomic E-state index is -0.649. The van der Waals surface area contributed by atoms with Crippen LogP contribution in [0.4, 0.5) is 4.39 Å². The van der Waals surface area contributed by atoms with E-state index in [-0.39, 0.29) is 29.6 Å². The highest BCUT2D eigenvalue weighted by Gasteiger charge is 2.30. The predicted octanol–water partition coefficient (Wildman–Crippen LogP) is 4.80. The van der Waals surface area contributed by atoms with E-state index < -0.39 is 23.2 Å². The molecule has 1 heterocycles. The van der Waals surface area contributed by atoms with Crippen molar-refractivity contribution in [3.05, 3.63) is 70.7 Å². The number of carbonyl (C=O) groups is 2. The highest BCUT2D eigenvalue weighted by Crippen LogP contribution is 2.26. The largest absolute Gasteiger partial charge is 0.394 e. The van der Waals surface area contributed by atoms with Gasteiger partial charge >= 0.3 is 0 Å². The Morgan fingerprint density at radius 3 is 2.47 bits per heavy atom. The average molecular weight is 528 g/mol. The van der Waals surface area contributed by atoms with Crippen LogP contribution in [-0.2, 0) is 17.8 Å². The molecule has 0 fully saturated rings. The lowest BCUT2D eigenvalue weighted by molar-refractivity contribution is -0.140. The van der Waals surface area contributed by atoms with Crippen molar-refractivity contribution in [2.75, 3.05) is 13.2 Å². The molecule has 0 aromatic heterocycles. The van der Waals surface area contributed by atoms with E-state index in [1.165, 1.54) is 23.1 Å². The summed E-state index contributed by atoms with van der Waals surface area (Å²) in [4.78, 5) is 28.5. The monoisotopic (exact) mass is 527 g/mol. The lowest BCUT2D eigenvalue weighted by Gasteiger charge is -2.33. The summed E-state index contributed by atoms with van der Waals surface area (Å²) < 4.78 is 14.7. The van der Waals surface area contributed by atoms with Gasteiger partial charge in [-0.1, -0.05) is 53.3 Å². The normalized spacial score (nSPS) is 14.1. The van der Waals surface area contributed by atoms with Crippen molar-refractivity contribution in [3.63, 3.8) is 0 Å². The van der Waals surface area contributed by atoms with Gasteiger partial charge in [0.05, 0.1) is 24.6 Å². The second-order valence-electron chi connectivity index (χ2n) is 9.93. The van der Waals surface area contributed by atoms with E-state index in [1.807, 2.05) is 34.6 Å². The van der Waals surface area contributed by atoms with Crippen LogP contribution in [0.5, 0.6) is 0 Å². The molecule has 0 saturated carbocycles. The van der Waals surface area contributed by atoms with Gasteiger partial charge in [0.1, 0.15) is 11.7 Å². The predicted molar refractivity (Wildman–Crippen MR) is 151 cm³/mol. The summed E-state index contributed by atoms with van der Waals surface area (Å²) in [6.45, 7) is 17.4. The topological polar surface area (TPSA) is 121 Å². The Morgan fingerprint density at radius 2 is 1.92 bits per heavy atom. The third kappa shape index (κ3) is 8.48. The van der Waals surface area contributed by atoms with Crippen LogP contribution in [0.15, 0.2) is 48.2 Å². The Hall–Kier alpha value is -3.59. The maximum atomic E-state index is 14.7. The summed E-state index contributed by atoms with van der Waals surface area (Å²) in [5.41, 5.74) is 1.65. The Kier molecular flexibility index (Phi) is 12.3. The third-order valence-electron chi connectivity index (χ3n) is 5.90. The molecule has 4 N–H and O–H groups in total. The van der Waals surface area contributed by atoms with Gasteiger partial charge in [-0.2, -0.15) is 0 Å². The van der Waals surface area contributed by atoms with E-state index in [9.17, 15) is 19.1 Å². The van der Waals surface area contributed by atoms with E-state index >= 15 is 0 Å². The summed E-state index contributed by atoms with van der Waals surface area (Å²) in [6, 6.07) is 2.45. The molecule has 1 unspecified atom stereocenters. The lowest BCUT2D eigenvalue weighted by Crippen LogP contribution is -2.42. The number of rotatable bonds is 8. The van der Waals surface area contributed by atoms with Crippen LogP contribution in [0.2, 0.25) is 0 Å². The number of amides is 2. The maximum absolute atomic E-state index is 14.7. The standard InChI is InChI=1S/C27H36FN5O3.C2H6/c1-17(24(30)33(16-29)19(3)15-34)8-7-9-18(2)31-25(35)22-12-21-14-32(26(36)27(4,5)6)11-10-20(21)13-23(22)28;1-2/h7-9,12-13,16,19,29-30,34H,2,10-11,14-15H2,1,3-6H3,(H,31,35);1-2H3/b9-7-,17-8+,29-16?,30-24?;. The summed E-state index contributed by atoms with van der Waals surface area (Å²) in [7, 11) is 0. The third-order valence-corrected chi connectivity index (χ3v) is 5.90. The lowest BCUT2D eigenvalue weighted by atomic mass is 9.91. The van der Waals surface area contributed by atoms with Gasteiger partial charge in [-0.05, 0) is 55.2 Å². The van der Waals surface area contributed by atoms with Gasteiger partial charge < -0.3 is 20.2 Å². The number of nitrogens with one attached hydrogen (secondary N) is 3. The Balaban J connectivity index is 0.00000352. The number of halogens is 1. The van der Waals surface area contributed by atoms with Crippen molar-refractivity contribution < 1.29 is 19.1 Å². The van der Waals surface area contributed by atoms with Crippen molar-refractivity contribution in [3.8, 4) is 0 Å². The Labute approximate surface area is 225 Å². The second kappa shape index (κ2) is 14.4. The average Bonchev–Trinajstić information content (AvgIpc) is 2.88. The maximum Gasteiger partial charge on any atom is 0.258 e. The van der Waals surface area contributed by atoms with Crippen LogP contribution < -0.4 is 5.32 Å². The molecule has 1 aromatic carbocycles. The van der Waals surface area contributed by atoms with Crippen LogP contribution in [0.1, 0.15) is 70.0 Å². The first-order chi connectivity index (χ1) is 17.8. The molecule has 8 nitrogen and oxygen atoms in total. The highest BCUT2D eigenvalue weighted by molar-refractivity contribution is 6.01. The fraction of sp³-hybridized carbons (Fsp3) is 0.448. The molecule has 0 bridgehead atoms.